The van der Waals surface area contributed by atoms with E-state index < -0.39 is 0 Å². The molecule has 1 aromatic rings. The molecule has 0 aromatic carbocycles. The molecule has 1 aliphatic rings. The monoisotopic (exact) mass is 249 g/mol. The van der Waals surface area contributed by atoms with E-state index in [1.54, 1.807) is 0 Å². The van der Waals surface area contributed by atoms with Gasteiger partial charge in [0.15, 0.2) is 0 Å². The van der Waals surface area contributed by atoms with Crippen molar-refractivity contribution in [3.8, 4) is 0 Å². The largest absolute Gasteiger partial charge is 0.325 e. The molecular weight excluding hydrogens is 222 g/mol. The molecule has 18 heavy (non-hydrogen) atoms. The fourth-order valence-electron chi connectivity index (χ4n) is 4.02. The van der Waals surface area contributed by atoms with Crippen LogP contribution in [0.2, 0.25) is 0 Å². The summed E-state index contributed by atoms with van der Waals surface area (Å²) in [6, 6.07) is 0. The Hall–Kier alpha value is -0.830. The van der Waals surface area contributed by atoms with Gasteiger partial charge in [0, 0.05) is 18.3 Å². The third-order valence-electron chi connectivity index (χ3n) is 4.05. The van der Waals surface area contributed by atoms with E-state index in [1.807, 2.05) is 10.9 Å². The van der Waals surface area contributed by atoms with E-state index in [2.05, 4.69) is 39.0 Å². The molecule has 1 aliphatic carbocycles. The second kappa shape index (κ2) is 4.69. The molecular formula is C15H27N3. The SMILES string of the molecule is CCn1cc(CC2(N)CC(C)CC(C)(C)C2)cn1. The van der Waals surface area contributed by atoms with E-state index in [-0.39, 0.29) is 5.54 Å². The first kappa shape index (κ1) is 13.6. The van der Waals surface area contributed by atoms with Crippen molar-refractivity contribution in [3.63, 3.8) is 0 Å². The average molecular weight is 249 g/mol. The van der Waals surface area contributed by atoms with Crippen molar-refractivity contribution in [1.29, 1.82) is 0 Å². The minimum absolute atomic E-state index is 0.0528. The third-order valence-corrected chi connectivity index (χ3v) is 4.05. The molecule has 102 valence electrons. The van der Waals surface area contributed by atoms with Crippen molar-refractivity contribution in [2.24, 2.45) is 17.1 Å². The molecule has 3 heteroatoms. The van der Waals surface area contributed by atoms with Gasteiger partial charge in [0.05, 0.1) is 6.20 Å². The fourth-order valence-corrected chi connectivity index (χ4v) is 4.02. The summed E-state index contributed by atoms with van der Waals surface area (Å²) in [6.07, 6.45) is 8.61. The first-order valence-corrected chi connectivity index (χ1v) is 7.12. The van der Waals surface area contributed by atoms with Crippen LogP contribution in [0.1, 0.15) is 52.5 Å². The maximum atomic E-state index is 6.67. The van der Waals surface area contributed by atoms with Crippen LogP contribution in [0.5, 0.6) is 0 Å². The van der Waals surface area contributed by atoms with E-state index in [9.17, 15) is 0 Å². The van der Waals surface area contributed by atoms with Crippen molar-refractivity contribution in [2.45, 2.75) is 65.5 Å². The van der Waals surface area contributed by atoms with Gasteiger partial charge >= 0.3 is 0 Å². The predicted molar refractivity (Wildman–Crippen MR) is 75.3 cm³/mol. The van der Waals surface area contributed by atoms with E-state index in [4.69, 9.17) is 5.73 Å². The lowest BCUT2D eigenvalue weighted by Crippen LogP contribution is -2.50. The first-order valence-electron chi connectivity index (χ1n) is 7.12. The quantitative estimate of drug-likeness (QED) is 0.895. The van der Waals surface area contributed by atoms with Gasteiger partial charge in [-0.05, 0) is 49.5 Å². The molecule has 1 aromatic heterocycles. The molecule has 0 bridgehead atoms. The van der Waals surface area contributed by atoms with Crippen LogP contribution >= 0.6 is 0 Å². The first-order chi connectivity index (χ1) is 8.32. The molecule has 2 unspecified atom stereocenters. The van der Waals surface area contributed by atoms with Crippen LogP contribution < -0.4 is 5.73 Å². The Kier molecular flexibility index (Phi) is 3.54. The predicted octanol–water partition coefficient (Wildman–Crippen LogP) is 2.99. The topological polar surface area (TPSA) is 43.8 Å². The minimum atomic E-state index is -0.0528. The number of aryl methyl sites for hydroxylation is 1. The maximum Gasteiger partial charge on any atom is 0.0522 e. The minimum Gasteiger partial charge on any atom is -0.325 e. The summed E-state index contributed by atoms with van der Waals surface area (Å²) >= 11 is 0. The zero-order chi connectivity index (χ0) is 13.4. The van der Waals surface area contributed by atoms with Gasteiger partial charge in [-0.2, -0.15) is 5.10 Å². The normalized spacial score (nSPS) is 31.5. The lowest BCUT2D eigenvalue weighted by atomic mass is 9.63. The van der Waals surface area contributed by atoms with Crippen LogP contribution in [-0.2, 0) is 13.0 Å². The number of aromatic nitrogens is 2. The Balaban J connectivity index is 2.10. The summed E-state index contributed by atoms with van der Waals surface area (Å²) < 4.78 is 1.98. The summed E-state index contributed by atoms with van der Waals surface area (Å²) in [6.45, 7) is 10.1. The van der Waals surface area contributed by atoms with Crippen molar-refractivity contribution in [1.82, 2.24) is 9.78 Å². The highest BCUT2D eigenvalue weighted by Crippen LogP contribution is 2.43. The molecule has 1 saturated carbocycles. The Labute approximate surface area is 111 Å². The number of rotatable bonds is 3. The van der Waals surface area contributed by atoms with Crippen molar-refractivity contribution in [2.75, 3.05) is 0 Å². The molecule has 2 N–H and O–H groups in total. The molecule has 0 radical (unpaired) electrons. The van der Waals surface area contributed by atoms with Crippen LogP contribution in [-0.4, -0.2) is 15.3 Å². The molecule has 2 atom stereocenters. The Morgan fingerprint density at radius 1 is 1.44 bits per heavy atom. The second-order valence-corrected chi connectivity index (χ2v) is 7.10. The molecule has 3 nitrogen and oxygen atoms in total. The van der Waals surface area contributed by atoms with Gasteiger partial charge in [-0.15, -0.1) is 0 Å². The number of hydrogen-bond donors (Lipinski definition) is 1. The van der Waals surface area contributed by atoms with Crippen molar-refractivity contribution >= 4 is 0 Å². The van der Waals surface area contributed by atoms with Gasteiger partial charge in [-0.3, -0.25) is 4.68 Å². The molecule has 1 heterocycles. The Morgan fingerprint density at radius 3 is 2.72 bits per heavy atom. The molecule has 0 aliphatic heterocycles. The van der Waals surface area contributed by atoms with Gasteiger partial charge in [-0.25, -0.2) is 0 Å². The number of hydrogen-bond acceptors (Lipinski definition) is 2. The van der Waals surface area contributed by atoms with E-state index >= 15 is 0 Å². The van der Waals surface area contributed by atoms with E-state index in [0.29, 0.717) is 5.41 Å². The van der Waals surface area contributed by atoms with Gasteiger partial charge < -0.3 is 5.73 Å². The molecule has 0 saturated heterocycles. The van der Waals surface area contributed by atoms with Gasteiger partial charge in [-0.1, -0.05) is 20.8 Å². The highest BCUT2D eigenvalue weighted by Gasteiger charge is 2.40. The summed E-state index contributed by atoms with van der Waals surface area (Å²) in [5, 5.41) is 4.35. The van der Waals surface area contributed by atoms with Gasteiger partial charge in [0.2, 0.25) is 0 Å². The average Bonchev–Trinajstić information content (AvgIpc) is 2.60. The standard InChI is InChI=1S/C15H27N3/c1-5-18-10-13(9-17-18)8-15(16)7-12(2)6-14(3,4)11-15/h9-10,12H,5-8,11,16H2,1-4H3. The van der Waals surface area contributed by atoms with E-state index in [1.165, 1.54) is 12.0 Å². The zero-order valence-electron chi connectivity index (χ0n) is 12.2. The lowest BCUT2D eigenvalue weighted by Gasteiger charge is -2.45. The van der Waals surface area contributed by atoms with Crippen LogP contribution in [0.4, 0.5) is 0 Å². The van der Waals surface area contributed by atoms with Crippen LogP contribution in [0.3, 0.4) is 0 Å². The maximum absolute atomic E-state index is 6.67. The van der Waals surface area contributed by atoms with Gasteiger partial charge in [0.25, 0.3) is 0 Å². The van der Waals surface area contributed by atoms with Gasteiger partial charge in [0.1, 0.15) is 0 Å². The lowest BCUT2D eigenvalue weighted by molar-refractivity contribution is 0.108. The fraction of sp³-hybridized carbons (Fsp3) is 0.800. The number of nitrogens with two attached hydrogens (primary N) is 1. The third kappa shape index (κ3) is 3.14. The van der Waals surface area contributed by atoms with Crippen LogP contribution in [0.25, 0.3) is 0 Å². The second-order valence-electron chi connectivity index (χ2n) is 7.10. The molecule has 1 fully saturated rings. The van der Waals surface area contributed by atoms with Crippen molar-refractivity contribution < 1.29 is 0 Å². The van der Waals surface area contributed by atoms with Crippen molar-refractivity contribution in [3.05, 3.63) is 18.0 Å². The Morgan fingerprint density at radius 2 is 2.17 bits per heavy atom. The van der Waals surface area contributed by atoms with E-state index in [0.717, 1.165) is 31.7 Å². The highest BCUT2D eigenvalue weighted by molar-refractivity contribution is 5.12. The molecule has 0 spiro atoms. The zero-order valence-corrected chi connectivity index (χ0v) is 12.2. The summed E-state index contributed by atoms with van der Waals surface area (Å²) in [5.74, 6) is 0.722. The summed E-state index contributed by atoms with van der Waals surface area (Å²) in [4.78, 5) is 0. The summed E-state index contributed by atoms with van der Waals surface area (Å²) in [5.41, 5.74) is 8.27. The van der Waals surface area contributed by atoms with Crippen LogP contribution in [0.15, 0.2) is 12.4 Å². The number of nitrogens with zero attached hydrogens (tertiary/aromatic N) is 2. The summed E-state index contributed by atoms with van der Waals surface area (Å²) in [7, 11) is 0. The van der Waals surface area contributed by atoms with Crippen LogP contribution in [0, 0.1) is 11.3 Å². The smallest absolute Gasteiger partial charge is 0.0522 e. The molecule has 2 rings (SSSR count). The molecule has 0 amide bonds. The Bertz CT molecular complexity index is 408. The highest BCUT2D eigenvalue weighted by atomic mass is 15.3.